The molecule has 18 heavy (non-hydrogen) atoms. The highest BCUT2D eigenvalue weighted by molar-refractivity contribution is 8.00. The molecule has 4 heteroatoms. The van der Waals surface area contributed by atoms with Crippen molar-refractivity contribution in [2.24, 2.45) is 0 Å². The van der Waals surface area contributed by atoms with Crippen LogP contribution in [0.2, 0.25) is 0 Å². The highest BCUT2D eigenvalue weighted by Crippen LogP contribution is 2.28. The minimum Gasteiger partial charge on any atom is -0.369 e. The molecule has 0 spiro atoms. The molecule has 1 saturated heterocycles. The molecule has 0 amide bonds. The average Bonchev–Trinajstić information content (AvgIpc) is 2.35. The second kappa shape index (κ2) is 6.43. The molecule has 1 fully saturated rings. The van der Waals surface area contributed by atoms with Crippen LogP contribution in [0.1, 0.15) is 26.5 Å². The van der Waals surface area contributed by atoms with Gasteiger partial charge in [-0.1, -0.05) is 20.8 Å². The highest BCUT2D eigenvalue weighted by Gasteiger charge is 2.22. The van der Waals surface area contributed by atoms with E-state index < -0.39 is 0 Å². The summed E-state index contributed by atoms with van der Waals surface area (Å²) in [6.07, 6.45) is 1.93. The molecule has 2 unspecified atom stereocenters. The van der Waals surface area contributed by atoms with E-state index in [1.54, 1.807) is 0 Å². The van der Waals surface area contributed by atoms with Crippen LogP contribution in [-0.4, -0.2) is 35.1 Å². The highest BCUT2D eigenvalue weighted by atomic mass is 32.2. The van der Waals surface area contributed by atoms with Crippen LogP contribution in [0.3, 0.4) is 0 Å². The molecule has 2 rings (SSSR count). The van der Waals surface area contributed by atoms with Crippen molar-refractivity contribution in [1.82, 2.24) is 10.3 Å². The molecule has 1 aliphatic rings. The fourth-order valence-corrected chi connectivity index (χ4v) is 3.73. The monoisotopic (exact) mass is 265 g/mol. The number of pyridine rings is 1. The zero-order valence-electron chi connectivity index (χ0n) is 11.5. The number of anilines is 1. The lowest BCUT2D eigenvalue weighted by Gasteiger charge is -2.36. The Balaban J connectivity index is 2.07. The Morgan fingerprint density at radius 1 is 1.39 bits per heavy atom. The minimum atomic E-state index is 0.708. The van der Waals surface area contributed by atoms with Crippen LogP contribution >= 0.6 is 11.8 Å². The van der Waals surface area contributed by atoms with Crippen LogP contribution in [0.25, 0.3) is 0 Å². The lowest BCUT2D eigenvalue weighted by atomic mass is 10.2. The zero-order chi connectivity index (χ0) is 13.0. The van der Waals surface area contributed by atoms with E-state index in [2.05, 4.69) is 59.9 Å². The maximum atomic E-state index is 4.42. The number of rotatable bonds is 4. The molecule has 1 N–H and O–H groups in total. The number of hydrogen-bond acceptors (Lipinski definition) is 4. The van der Waals surface area contributed by atoms with Crippen molar-refractivity contribution < 1.29 is 0 Å². The molecule has 0 bridgehead atoms. The molecule has 2 heterocycles. The van der Waals surface area contributed by atoms with Gasteiger partial charge < -0.3 is 10.2 Å². The van der Waals surface area contributed by atoms with Crippen molar-refractivity contribution in [3.63, 3.8) is 0 Å². The Morgan fingerprint density at radius 3 is 2.78 bits per heavy atom. The van der Waals surface area contributed by atoms with Crippen molar-refractivity contribution in [3.05, 3.63) is 24.0 Å². The molecular weight excluding hydrogens is 242 g/mol. The van der Waals surface area contributed by atoms with Crippen molar-refractivity contribution in [2.75, 3.05) is 24.5 Å². The fourth-order valence-electron chi connectivity index (χ4n) is 2.40. The van der Waals surface area contributed by atoms with Crippen LogP contribution < -0.4 is 10.2 Å². The number of aromatic nitrogens is 1. The second-order valence-corrected chi connectivity index (χ2v) is 6.83. The zero-order valence-corrected chi connectivity index (χ0v) is 12.3. The van der Waals surface area contributed by atoms with Gasteiger partial charge in [-0.15, -0.1) is 0 Å². The average molecular weight is 265 g/mol. The number of hydrogen-bond donors (Lipinski definition) is 1. The van der Waals surface area contributed by atoms with Gasteiger partial charge in [0.15, 0.2) is 0 Å². The Bertz CT molecular complexity index is 373. The van der Waals surface area contributed by atoms with Gasteiger partial charge in [0, 0.05) is 42.0 Å². The third-order valence-electron chi connectivity index (χ3n) is 3.14. The maximum absolute atomic E-state index is 4.42. The van der Waals surface area contributed by atoms with Gasteiger partial charge in [-0.3, -0.25) is 4.98 Å². The van der Waals surface area contributed by atoms with E-state index >= 15 is 0 Å². The molecule has 0 aliphatic carbocycles. The van der Waals surface area contributed by atoms with E-state index in [1.807, 2.05) is 6.20 Å². The summed E-state index contributed by atoms with van der Waals surface area (Å²) < 4.78 is 0. The summed E-state index contributed by atoms with van der Waals surface area (Å²) in [6, 6.07) is 4.35. The number of thioether (sulfide) groups is 1. The Morgan fingerprint density at radius 2 is 2.11 bits per heavy atom. The topological polar surface area (TPSA) is 28.2 Å². The van der Waals surface area contributed by atoms with Crippen molar-refractivity contribution in [2.45, 2.75) is 37.8 Å². The predicted octanol–water partition coefficient (Wildman–Crippen LogP) is 2.52. The third-order valence-corrected chi connectivity index (χ3v) is 4.37. The van der Waals surface area contributed by atoms with E-state index in [-0.39, 0.29) is 0 Å². The van der Waals surface area contributed by atoms with E-state index in [0.717, 1.165) is 31.9 Å². The molecule has 100 valence electrons. The molecule has 2 atom stereocenters. The Kier molecular flexibility index (Phi) is 4.89. The molecular formula is C14H23N3S. The second-order valence-electron chi connectivity index (χ2n) is 4.95. The first-order valence-electron chi connectivity index (χ1n) is 6.75. The van der Waals surface area contributed by atoms with Gasteiger partial charge in [0.05, 0.1) is 5.69 Å². The Hall–Kier alpha value is -0.740. The molecule has 0 aromatic carbocycles. The van der Waals surface area contributed by atoms with Gasteiger partial charge in [-0.05, 0) is 18.7 Å². The minimum absolute atomic E-state index is 0.708. The SMILES string of the molecule is CCNCc1cc(N2CC(C)SC(C)C2)ccn1. The number of nitrogens with zero attached hydrogens (tertiary/aromatic N) is 2. The first-order valence-corrected chi connectivity index (χ1v) is 7.69. The molecule has 0 saturated carbocycles. The molecule has 1 aromatic heterocycles. The van der Waals surface area contributed by atoms with Crippen molar-refractivity contribution in [3.8, 4) is 0 Å². The first kappa shape index (κ1) is 13.7. The number of nitrogens with one attached hydrogen (secondary N) is 1. The van der Waals surface area contributed by atoms with Crippen LogP contribution in [0.15, 0.2) is 18.3 Å². The van der Waals surface area contributed by atoms with Gasteiger partial charge in [-0.25, -0.2) is 0 Å². The van der Waals surface area contributed by atoms with Gasteiger partial charge >= 0.3 is 0 Å². The largest absolute Gasteiger partial charge is 0.369 e. The van der Waals surface area contributed by atoms with Gasteiger partial charge in [-0.2, -0.15) is 11.8 Å². The van der Waals surface area contributed by atoms with E-state index in [0.29, 0.717) is 10.5 Å². The summed E-state index contributed by atoms with van der Waals surface area (Å²) >= 11 is 2.09. The molecule has 1 aromatic rings. The molecule has 1 aliphatic heterocycles. The summed E-state index contributed by atoms with van der Waals surface area (Å²) in [4.78, 5) is 6.90. The standard InChI is InChI=1S/C14H23N3S/c1-4-15-8-13-7-14(5-6-16-13)17-9-11(2)18-12(3)10-17/h5-7,11-12,15H,4,8-10H2,1-3H3. The lowest BCUT2D eigenvalue weighted by Crippen LogP contribution is -2.40. The summed E-state index contributed by atoms with van der Waals surface area (Å²) in [5, 5.41) is 4.74. The maximum Gasteiger partial charge on any atom is 0.0562 e. The fraction of sp³-hybridized carbons (Fsp3) is 0.643. The van der Waals surface area contributed by atoms with E-state index in [1.165, 1.54) is 5.69 Å². The van der Waals surface area contributed by atoms with E-state index in [4.69, 9.17) is 0 Å². The lowest BCUT2D eigenvalue weighted by molar-refractivity contribution is 0.703. The van der Waals surface area contributed by atoms with Gasteiger partial charge in [0.2, 0.25) is 0 Å². The van der Waals surface area contributed by atoms with Gasteiger partial charge in [0.1, 0.15) is 0 Å². The van der Waals surface area contributed by atoms with Crippen molar-refractivity contribution in [1.29, 1.82) is 0 Å². The van der Waals surface area contributed by atoms with Crippen LogP contribution in [0.4, 0.5) is 5.69 Å². The van der Waals surface area contributed by atoms with Crippen LogP contribution in [-0.2, 0) is 6.54 Å². The normalized spacial score (nSPS) is 24.3. The predicted molar refractivity (Wildman–Crippen MR) is 80.3 cm³/mol. The third kappa shape index (κ3) is 3.62. The summed E-state index contributed by atoms with van der Waals surface area (Å²) in [6.45, 7) is 10.9. The molecule has 3 nitrogen and oxygen atoms in total. The summed E-state index contributed by atoms with van der Waals surface area (Å²) in [5.74, 6) is 0. The van der Waals surface area contributed by atoms with Crippen molar-refractivity contribution >= 4 is 17.4 Å². The van der Waals surface area contributed by atoms with E-state index in [9.17, 15) is 0 Å². The van der Waals surface area contributed by atoms with Crippen LogP contribution in [0.5, 0.6) is 0 Å². The van der Waals surface area contributed by atoms with Crippen LogP contribution in [0, 0.1) is 0 Å². The van der Waals surface area contributed by atoms with Gasteiger partial charge in [0.25, 0.3) is 0 Å². The first-order chi connectivity index (χ1) is 8.69. The summed E-state index contributed by atoms with van der Waals surface area (Å²) in [5.41, 5.74) is 2.45. The molecule has 0 radical (unpaired) electrons. The smallest absolute Gasteiger partial charge is 0.0562 e. The quantitative estimate of drug-likeness (QED) is 0.905. The Labute approximate surface area is 114 Å². The summed E-state index contributed by atoms with van der Waals surface area (Å²) in [7, 11) is 0.